The summed E-state index contributed by atoms with van der Waals surface area (Å²) < 4.78 is 4.55. The average molecular weight is 253 g/mol. The molecule has 0 heterocycles. The normalized spacial score (nSPS) is 12.3. The Kier molecular flexibility index (Phi) is 7.01. The maximum Gasteiger partial charge on any atom is 0.341 e. The molecule has 4 nitrogen and oxygen atoms in total. The van der Waals surface area contributed by atoms with Crippen LogP contribution in [-0.4, -0.2) is 35.8 Å². The van der Waals surface area contributed by atoms with Gasteiger partial charge in [-0.3, -0.25) is 4.79 Å². The molecule has 0 bridgehead atoms. The summed E-state index contributed by atoms with van der Waals surface area (Å²) in [5, 5.41) is 0. The van der Waals surface area contributed by atoms with E-state index in [2.05, 4.69) is 37.3 Å². The monoisotopic (exact) mass is 253 g/mol. The highest BCUT2D eigenvalue weighted by Crippen LogP contribution is 2.07. The fraction of sp³-hybridized carbons (Fsp3) is 0.571. The first-order valence-electron chi connectivity index (χ1n) is 6.06. The van der Waals surface area contributed by atoms with Gasteiger partial charge in [-0.2, -0.15) is 0 Å². The molecule has 0 N–H and O–H groups in total. The number of nitrogens with zero attached hydrogens (tertiary/aromatic N) is 1. The number of rotatable bonds is 6. The summed E-state index contributed by atoms with van der Waals surface area (Å²) in [6, 6.07) is 0.710. The summed E-state index contributed by atoms with van der Waals surface area (Å²) in [4.78, 5) is 24.7. The minimum atomic E-state index is -0.604. The van der Waals surface area contributed by atoms with Crippen molar-refractivity contribution in [1.29, 1.82) is 0 Å². The maximum atomic E-state index is 11.3. The van der Waals surface area contributed by atoms with E-state index in [1.54, 1.807) is 6.08 Å². The van der Waals surface area contributed by atoms with Crippen LogP contribution in [-0.2, 0) is 14.3 Å². The topological polar surface area (TPSA) is 46.6 Å². The first-order valence-corrected chi connectivity index (χ1v) is 6.06. The lowest BCUT2D eigenvalue weighted by molar-refractivity contribution is -0.137. The molecule has 0 saturated carbocycles. The summed E-state index contributed by atoms with van der Waals surface area (Å²) in [5.41, 5.74) is 0.0567. The second-order valence-corrected chi connectivity index (χ2v) is 4.60. The predicted molar refractivity (Wildman–Crippen MR) is 72.0 cm³/mol. The number of ether oxygens (including phenoxy) is 1. The number of allylic oxidation sites excluding steroid dienone is 2. The van der Waals surface area contributed by atoms with Crippen molar-refractivity contribution in [2.45, 2.75) is 46.7 Å². The maximum absolute atomic E-state index is 11.3. The van der Waals surface area contributed by atoms with E-state index in [1.807, 2.05) is 6.20 Å². The lowest BCUT2D eigenvalue weighted by Crippen LogP contribution is -2.31. The molecule has 0 saturated heterocycles. The van der Waals surface area contributed by atoms with Gasteiger partial charge in [0.1, 0.15) is 5.57 Å². The highest BCUT2D eigenvalue weighted by Gasteiger charge is 2.13. The molecule has 0 aliphatic rings. The summed E-state index contributed by atoms with van der Waals surface area (Å²) in [7, 11) is 1.26. The minimum absolute atomic E-state index is 0.0567. The Bertz CT molecular complexity index is 346. The Balaban J connectivity index is 4.95. The van der Waals surface area contributed by atoms with Crippen molar-refractivity contribution >= 4 is 11.8 Å². The van der Waals surface area contributed by atoms with Crippen LogP contribution in [0.15, 0.2) is 23.9 Å². The van der Waals surface area contributed by atoms with Gasteiger partial charge in [-0.25, -0.2) is 4.79 Å². The van der Waals surface area contributed by atoms with Crippen molar-refractivity contribution in [3.63, 3.8) is 0 Å². The highest BCUT2D eigenvalue weighted by atomic mass is 16.5. The molecular weight excluding hydrogens is 230 g/mol. The Labute approximate surface area is 109 Å². The summed E-state index contributed by atoms with van der Waals surface area (Å²) in [5.74, 6) is -0.903. The van der Waals surface area contributed by atoms with Crippen LogP contribution in [0, 0.1) is 0 Å². The quantitative estimate of drug-likeness (QED) is 0.239. The van der Waals surface area contributed by atoms with Crippen molar-refractivity contribution in [1.82, 2.24) is 4.90 Å². The van der Waals surface area contributed by atoms with Crippen molar-refractivity contribution in [3.05, 3.63) is 23.9 Å². The second-order valence-electron chi connectivity index (χ2n) is 4.60. The number of hydrogen-bond acceptors (Lipinski definition) is 4. The summed E-state index contributed by atoms with van der Waals surface area (Å²) in [6.07, 6.45) is 5.07. The largest absolute Gasteiger partial charge is 0.465 e. The van der Waals surface area contributed by atoms with E-state index in [4.69, 9.17) is 0 Å². The third kappa shape index (κ3) is 5.17. The van der Waals surface area contributed by atoms with E-state index < -0.39 is 5.97 Å². The fourth-order valence-corrected chi connectivity index (χ4v) is 1.62. The average Bonchev–Trinajstić information content (AvgIpc) is 2.26. The van der Waals surface area contributed by atoms with Gasteiger partial charge in [0.2, 0.25) is 0 Å². The first-order chi connectivity index (χ1) is 8.31. The van der Waals surface area contributed by atoms with Crippen LogP contribution in [0.3, 0.4) is 0 Å². The number of methoxy groups -OCH3 is 1. The molecule has 102 valence electrons. The molecular formula is C14H23NO3. The van der Waals surface area contributed by atoms with Gasteiger partial charge in [-0.05, 0) is 53.0 Å². The van der Waals surface area contributed by atoms with E-state index in [-0.39, 0.29) is 11.4 Å². The third-order valence-electron chi connectivity index (χ3n) is 2.50. The molecule has 0 fully saturated rings. The highest BCUT2D eigenvalue weighted by molar-refractivity contribution is 6.16. The molecule has 0 unspecified atom stereocenters. The van der Waals surface area contributed by atoms with Gasteiger partial charge < -0.3 is 9.64 Å². The molecule has 0 rings (SSSR count). The molecule has 0 aromatic carbocycles. The molecule has 0 aliphatic carbocycles. The number of carbonyl (C=O) groups excluding carboxylic acids is 2. The number of esters is 1. The van der Waals surface area contributed by atoms with Crippen LogP contribution in [0.4, 0.5) is 0 Å². The Morgan fingerprint density at radius 2 is 1.61 bits per heavy atom. The number of hydrogen-bond donors (Lipinski definition) is 0. The standard InChI is InChI=1S/C14H23NO3/c1-10(2)15(11(3)4)9-7-8-13(12(5)16)14(17)18-6/h7-11H,1-6H3/b9-7+,13-8+. The minimum Gasteiger partial charge on any atom is -0.465 e. The molecule has 0 aromatic rings. The molecule has 0 aromatic heterocycles. The van der Waals surface area contributed by atoms with Gasteiger partial charge in [0.25, 0.3) is 0 Å². The van der Waals surface area contributed by atoms with Gasteiger partial charge in [-0.1, -0.05) is 0 Å². The summed E-state index contributed by atoms with van der Waals surface area (Å²) >= 11 is 0. The smallest absolute Gasteiger partial charge is 0.341 e. The number of carbonyl (C=O) groups is 2. The molecule has 18 heavy (non-hydrogen) atoms. The van der Waals surface area contributed by atoms with Crippen LogP contribution >= 0.6 is 0 Å². The van der Waals surface area contributed by atoms with E-state index in [0.717, 1.165) is 0 Å². The molecule has 0 spiro atoms. The van der Waals surface area contributed by atoms with Crippen molar-refractivity contribution in [2.75, 3.05) is 7.11 Å². The van der Waals surface area contributed by atoms with Crippen molar-refractivity contribution in [2.24, 2.45) is 0 Å². The third-order valence-corrected chi connectivity index (χ3v) is 2.50. The van der Waals surface area contributed by atoms with Crippen LogP contribution in [0.1, 0.15) is 34.6 Å². The number of Topliss-reactive ketones (excluding diaryl/α,β-unsaturated/α-hetero) is 1. The van der Waals surface area contributed by atoms with Gasteiger partial charge in [0, 0.05) is 12.1 Å². The van der Waals surface area contributed by atoms with Crippen LogP contribution in [0.2, 0.25) is 0 Å². The van der Waals surface area contributed by atoms with E-state index in [9.17, 15) is 9.59 Å². The van der Waals surface area contributed by atoms with Crippen molar-refractivity contribution < 1.29 is 14.3 Å². The van der Waals surface area contributed by atoms with E-state index in [0.29, 0.717) is 12.1 Å². The van der Waals surface area contributed by atoms with Crippen molar-refractivity contribution in [3.8, 4) is 0 Å². The molecule has 4 heteroatoms. The van der Waals surface area contributed by atoms with E-state index >= 15 is 0 Å². The SMILES string of the molecule is COC(=O)/C(=C/C=C/N(C(C)C)C(C)C)C(C)=O. The predicted octanol–water partition coefficient (Wildman–Crippen LogP) is 2.31. The Morgan fingerprint density at radius 3 is 1.94 bits per heavy atom. The first kappa shape index (κ1) is 16.4. The molecule has 0 radical (unpaired) electrons. The van der Waals surface area contributed by atoms with Gasteiger partial charge in [0.15, 0.2) is 5.78 Å². The van der Waals surface area contributed by atoms with Crippen LogP contribution in [0.25, 0.3) is 0 Å². The zero-order valence-electron chi connectivity index (χ0n) is 12.1. The second kappa shape index (κ2) is 7.69. The zero-order valence-corrected chi connectivity index (χ0v) is 12.1. The Hall–Kier alpha value is -1.58. The molecule has 0 amide bonds. The van der Waals surface area contributed by atoms with Crippen LogP contribution < -0.4 is 0 Å². The number of ketones is 1. The van der Waals surface area contributed by atoms with E-state index in [1.165, 1.54) is 20.1 Å². The van der Waals surface area contributed by atoms with Crippen LogP contribution in [0.5, 0.6) is 0 Å². The summed E-state index contributed by atoms with van der Waals surface area (Å²) in [6.45, 7) is 9.68. The lowest BCUT2D eigenvalue weighted by Gasteiger charge is -2.29. The lowest BCUT2D eigenvalue weighted by atomic mass is 10.1. The Morgan fingerprint density at radius 1 is 1.11 bits per heavy atom. The fourth-order valence-electron chi connectivity index (χ4n) is 1.62. The molecule has 0 atom stereocenters. The van der Waals surface area contributed by atoms with Gasteiger partial charge in [0.05, 0.1) is 7.11 Å². The molecule has 0 aliphatic heterocycles. The van der Waals surface area contributed by atoms with Gasteiger partial charge in [-0.15, -0.1) is 0 Å². The zero-order chi connectivity index (χ0) is 14.3. The van der Waals surface area contributed by atoms with Gasteiger partial charge >= 0.3 is 5.97 Å².